The van der Waals surface area contributed by atoms with Gasteiger partial charge in [0, 0.05) is 27.2 Å². The highest BCUT2D eigenvalue weighted by molar-refractivity contribution is 5.84. The van der Waals surface area contributed by atoms with Crippen molar-refractivity contribution in [2.75, 3.05) is 12.0 Å². The van der Waals surface area contributed by atoms with Crippen LogP contribution < -0.4 is 21.4 Å². The van der Waals surface area contributed by atoms with Gasteiger partial charge in [-0.2, -0.15) is 10.1 Å². The number of aromatic nitrogens is 4. The molecule has 12 nitrogen and oxygen atoms in total. The van der Waals surface area contributed by atoms with Crippen LogP contribution in [0.5, 0.6) is 5.75 Å². The van der Waals surface area contributed by atoms with Crippen LogP contribution in [0.1, 0.15) is 6.92 Å². The third-order valence-corrected chi connectivity index (χ3v) is 4.32. The molecule has 0 spiro atoms. The predicted octanol–water partition coefficient (Wildman–Crippen LogP) is 0.746. The minimum atomic E-state index is -0.524. The number of nitrogens with one attached hydrogen (secondary N) is 1. The van der Waals surface area contributed by atoms with Gasteiger partial charge in [0.05, 0.1) is 10.6 Å². The number of benzene rings is 1. The largest absolute Gasteiger partial charge is 0.481 e. The van der Waals surface area contributed by atoms with Crippen molar-refractivity contribution < 1.29 is 9.66 Å². The highest BCUT2D eigenvalue weighted by atomic mass is 16.6. The second kappa shape index (κ2) is 7.58. The van der Waals surface area contributed by atoms with Gasteiger partial charge in [-0.3, -0.25) is 24.0 Å². The van der Waals surface area contributed by atoms with Crippen molar-refractivity contribution in [2.24, 2.45) is 26.2 Å². The maximum atomic E-state index is 12.4. The van der Waals surface area contributed by atoms with Crippen LogP contribution in [0.25, 0.3) is 11.2 Å². The van der Waals surface area contributed by atoms with E-state index in [4.69, 9.17) is 4.74 Å². The lowest BCUT2D eigenvalue weighted by molar-refractivity contribution is -0.385. The molecule has 2 aromatic heterocycles. The Labute approximate surface area is 163 Å². The van der Waals surface area contributed by atoms with Gasteiger partial charge in [-0.1, -0.05) is 12.1 Å². The van der Waals surface area contributed by atoms with Gasteiger partial charge in [0.25, 0.3) is 5.56 Å². The minimum Gasteiger partial charge on any atom is -0.481 e. The van der Waals surface area contributed by atoms with Gasteiger partial charge in [0.15, 0.2) is 16.9 Å². The van der Waals surface area contributed by atoms with Crippen molar-refractivity contribution in [1.82, 2.24) is 18.7 Å². The molecule has 0 saturated heterocycles. The minimum absolute atomic E-state index is 0.00203. The number of ether oxygens (including phenoxy) is 1. The van der Waals surface area contributed by atoms with Gasteiger partial charge in [-0.05, 0) is 13.0 Å². The first kappa shape index (κ1) is 19.8. The fourth-order valence-corrected chi connectivity index (χ4v) is 2.71. The Morgan fingerprint density at radius 3 is 2.59 bits per heavy atom. The molecule has 0 fully saturated rings. The van der Waals surface area contributed by atoms with E-state index in [1.165, 1.54) is 35.4 Å². The van der Waals surface area contributed by atoms with E-state index >= 15 is 0 Å². The van der Waals surface area contributed by atoms with Crippen molar-refractivity contribution in [2.45, 2.75) is 6.92 Å². The normalized spacial score (nSPS) is 11.7. The number of nitrogens with zero attached hydrogens (tertiary/aromatic N) is 6. The van der Waals surface area contributed by atoms with Gasteiger partial charge in [-0.25, -0.2) is 10.2 Å². The fraction of sp³-hybridized carbons (Fsp3) is 0.294. The summed E-state index contributed by atoms with van der Waals surface area (Å²) >= 11 is 0. The van der Waals surface area contributed by atoms with Crippen molar-refractivity contribution >= 4 is 28.5 Å². The van der Waals surface area contributed by atoms with Gasteiger partial charge in [0.1, 0.15) is 6.61 Å². The molecule has 1 aromatic carbocycles. The smallest absolute Gasteiger partial charge is 0.332 e. The Bertz CT molecular complexity index is 1250. The van der Waals surface area contributed by atoms with E-state index in [0.29, 0.717) is 5.71 Å². The highest BCUT2D eigenvalue weighted by Gasteiger charge is 2.17. The van der Waals surface area contributed by atoms with Gasteiger partial charge < -0.3 is 9.30 Å². The standard InChI is InChI=1S/C17H19N7O5/c1-10(9-29-12-8-6-5-7-11(12)24(27)28)19-20-16-18-14-13(21(16)2)15(25)23(4)17(26)22(14)3/h5-8H,9H2,1-4H3,(H,18,20)/b19-10-. The molecule has 0 amide bonds. The van der Waals surface area contributed by atoms with Crippen LogP contribution in [0.4, 0.5) is 11.6 Å². The third kappa shape index (κ3) is 3.59. The summed E-state index contributed by atoms with van der Waals surface area (Å²) in [6.45, 7) is 1.67. The Morgan fingerprint density at radius 2 is 1.90 bits per heavy atom. The van der Waals surface area contributed by atoms with Crippen LogP contribution in [0, 0.1) is 10.1 Å². The summed E-state index contributed by atoms with van der Waals surface area (Å²) in [6.07, 6.45) is 0. The zero-order valence-electron chi connectivity index (χ0n) is 16.2. The summed E-state index contributed by atoms with van der Waals surface area (Å²) in [5.74, 6) is 0.386. The average molecular weight is 401 g/mol. The van der Waals surface area contributed by atoms with E-state index in [9.17, 15) is 19.7 Å². The molecular weight excluding hydrogens is 382 g/mol. The maximum Gasteiger partial charge on any atom is 0.332 e. The Hall–Kier alpha value is -3.96. The third-order valence-electron chi connectivity index (χ3n) is 4.32. The molecule has 0 atom stereocenters. The number of hydrogen-bond donors (Lipinski definition) is 1. The highest BCUT2D eigenvalue weighted by Crippen LogP contribution is 2.25. The Kier molecular flexibility index (Phi) is 5.17. The number of hydrogen-bond acceptors (Lipinski definition) is 8. The average Bonchev–Trinajstić information content (AvgIpc) is 3.04. The van der Waals surface area contributed by atoms with Crippen LogP contribution in [0.15, 0.2) is 39.0 Å². The van der Waals surface area contributed by atoms with Crippen molar-refractivity contribution in [1.29, 1.82) is 0 Å². The van der Waals surface area contributed by atoms with Crippen LogP contribution in [-0.4, -0.2) is 35.9 Å². The lowest BCUT2D eigenvalue weighted by atomic mass is 10.3. The number of anilines is 1. The number of hydrazone groups is 1. The molecule has 152 valence electrons. The first-order valence-electron chi connectivity index (χ1n) is 8.50. The van der Waals surface area contributed by atoms with Gasteiger partial charge in [0.2, 0.25) is 5.95 Å². The van der Waals surface area contributed by atoms with Gasteiger partial charge in [-0.15, -0.1) is 0 Å². The van der Waals surface area contributed by atoms with Crippen molar-refractivity contribution in [3.8, 4) is 5.75 Å². The topological polar surface area (TPSA) is 139 Å². The predicted molar refractivity (Wildman–Crippen MR) is 107 cm³/mol. The molecule has 0 unspecified atom stereocenters. The zero-order valence-corrected chi connectivity index (χ0v) is 16.2. The van der Waals surface area contributed by atoms with E-state index in [-0.39, 0.29) is 35.2 Å². The lowest BCUT2D eigenvalue weighted by Crippen LogP contribution is -2.37. The maximum absolute atomic E-state index is 12.4. The summed E-state index contributed by atoms with van der Waals surface area (Å²) < 4.78 is 9.24. The number of nitro benzene ring substituents is 1. The van der Waals surface area contributed by atoms with Crippen molar-refractivity contribution in [3.63, 3.8) is 0 Å². The molecular formula is C17H19N7O5. The summed E-state index contributed by atoms with van der Waals surface area (Å²) in [5.41, 5.74) is 2.61. The van der Waals surface area contributed by atoms with E-state index in [2.05, 4.69) is 15.5 Å². The molecule has 29 heavy (non-hydrogen) atoms. The van der Waals surface area contributed by atoms with E-state index in [1.807, 2.05) is 0 Å². The number of imidazole rings is 1. The molecule has 0 bridgehead atoms. The van der Waals surface area contributed by atoms with E-state index in [1.54, 1.807) is 26.1 Å². The Balaban J connectivity index is 1.82. The first-order valence-corrected chi connectivity index (χ1v) is 8.50. The monoisotopic (exact) mass is 401 g/mol. The number of rotatable bonds is 6. The molecule has 12 heteroatoms. The molecule has 3 aromatic rings. The molecule has 2 heterocycles. The van der Waals surface area contributed by atoms with Crippen LogP contribution in [-0.2, 0) is 21.1 Å². The van der Waals surface area contributed by atoms with Crippen molar-refractivity contribution in [3.05, 3.63) is 55.2 Å². The summed E-state index contributed by atoms with van der Waals surface area (Å²) in [6, 6.07) is 6.04. The first-order chi connectivity index (χ1) is 13.7. The number of fused-ring (bicyclic) bond motifs is 1. The second-order valence-electron chi connectivity index (χ2n) is 6.34. The zero-order chi connectivity index (χ0) is 21.3. The molecule has 0 saturated carbocycles. The SMILES string of the molecule is C/C(COc1ccccc1[N+](=O)[O-])=N/Nc1nc2c(c(=O)n(C)c(=O)n2C)n1C. The van der Waals surface area contributed by atoms with Crippen LogP contribution in [0.3, 0.4) is 0 Å². The summed E-state index contributed by atoms with van der Waals surface area (Å²) in [7, 11) is 4.54. The molecule has 0 aliphatic heterocycles. The van der Waals surface area contributed by atoms with E-state index in [0.717, 1.165) is 4.57 Å². The van der Waals surface area contributed by atoms with E-state index < -0.39 is 16.2 Å². The quantitative estimate of drug-likeness (QED) is 0.365. The molecule has 0 aliphatic carbocycles. The molecule has 0 aliphatic rings. The molecule has 3 rings (SSSR count). The summed E-state index contributed by atoms with van der Waals surface area (Å²) in [5, 5.41) is 15.2. The van der Waals surface area contributed by atoms with Crippen LogP contribution in [0.2, 0.25) is 0 Å². The molecule has 0 radical (unpaired) electrons. The molecule has 1 N–H and O–H groups in total. The van der Waals surface area contributed by atoms with Crippen LogP contribution >= 0.6 is 0 Å². The summed E-state index contributed by atoms with van der Waals surface area (Å²) in [4.78, 5) is 39.2. The lowest BCUT2D eigenvalue weighted by Gasteiger charge is -2.07. The number of aryl methyl sites for hydroxylation is 2. The fourth-order valence-electron chi connectivity index (χ4n) is 2.71. The van der Waals surface area contributed by atoms with Gasteiger partial charge >= 0.3 is 11.4 Å². The number of para-hydroxylation sites is 2. The Morgan fingerprint density at radius 1 is 1.21 bits per heavy atom. The second-order valence-corrected chi connectivity index (χ2v) is 6.34. The number of nitro groups is 1.